The summed E-state index contributed by atoms with van der Waals surface area (Å²) in [4.78, 5) is 20.9. The van der Waals surface area contributed by atoms with Crippen LogP contribution in [0.5, 0.6) is 0 Å². The maximum Gasteiger partial charge on any atom is 0.306 e. The van der Waals surface area contributed by atoms with E-state index in [1.807, 2.05) is 17.8 Å². The number of fused-ring (bicyclic) bond motifs is 1. The molecule has 3 heterocycles. The second-order valence-electron chi connectivity index (χ2n) is 7.97. The van der Waals surface area contributed by atoms with Crippen LogP contribution in [0, 0.1) is 0 Å². The van der Waals surface area contributed by atoms with Gasteiger partial charge in [0.25, 0.3) is 5.91 Å². The maximum atomic E-state index is 13.0. The van der Waals surface area contributed by atoms with E-state index in [-0.39, 0.29) is 5.91 Å². The number of rotatable bonds is 4. The number of nitrogens with zero attached hydrogens (tertiary/aromatic N) is 2. The number of aliphatic hydroxyl groups is 1. The Bertz CT molecular complexity index is 826. The average molecular weight is 344 g/mol. The van der Waals surface area contributed by atoms with Crippen LogP contribution in [0.2, 0.25) is 0 Å². The Labute approximate surface area is 146 Å². The molecule has 1 saturated heterocycles. The minimum Gasteiger partial charge on any atom is -0.388 e. The van der Waals surface area contributed by atoms with Crippen molar-refractivity contribution in [1.29, 1.82) is 0 Å². The highest BCUT2D eigenvalue weighted by Crippen LogP contribution is 2.39. The highest BCUT2D eigenvalue weighted by Gasteiger charge is 2.47. The molecule has 1 saturated carbocycles. The molecule has 7 heteroatoms. The topological polar surface area (TPSA) is 93.9 Å². The molecule has 4 N–H and O–H groups in total. The van der Waals surface area contributed by atoms with Gasteiger partial charge in [-0.2, -0.15) is 0 Å². The van der Waals surface area contributed by atoms with E-state index in [2.05, 4.69) is 15.6 Å². The van der Waals surface area contributed by atoms with Crippen molar-refractivity contribution in [2.45, 2.75) is 50.2 Å². The Kier molecular flexibility index (Phi) is 3.63. The van der Waals surface area contributed by atoms with Crippen LogP contribution in [-0.2, 0) is 7.05 Å². The zero-order valence-corrected chi connectivity index (χ0v) is 15.0. The molecule has 2 aromatic heterocycles. The summed E-state index contributed by atoms with van der Waals surface area (Å²) in [6.07, 6.45) is 6.77. The summed E-state index contributed by atoms with van der Waals surface area (Å²) in [5.41, 5.74) is 1.41. The third-order valence-electron chi connectivity index (χ3n) is 5.67. The highest BCUT2D eigenvalue weighted by atomic mass is 16.3. The van der Waals surface area contributed by atoms with Gasteiger partial charge in [-0.3, -0.25) is 4.79 Å². The van der Waals surface area contributed by atoms with Gasteiger partial charge >= 0.3 is 5.65 Å². The molecular weight excluding hydrogens is 318 g/mol. The van der Waals surface area contributed by atoms with Crippen molar-refractivity contribution in [3.63, 3.8) is 0 Å². The Morgan fingerprint density at radius 2 is 2.24 bits per heavy atom. The first kappa shape index (κ1) is 16.5. The Hall–Kier alpha value is -1.99. The number of hydrogen-bond acceptors (Lipinski definition) is 4. The molecule has 0 bridgehead atoms. The Morgan fingerprint density at radius 1 is 1.48 bits per heavy atom. The summed E-state index contributed by atoms with van der Waals surface area (Å²) in [6, 6.07) is 0. The molecule has 4 rings (SSSR count). The second kappa shape index (κ2) is 5.51. The molecular formula is C18H26N5O2+. The number of hydrogen-bond donors (Lipinski definition) is 4. The largest absolute Gasteiger partial charge is 0.388 e. The predicted molar refractivity (Wildman–Crippen MR) is 93.2 cm³/mol. The van der Waals surface area contributed by atoms with E-state index in [4.69, 9.17) is 4.98 Å². The van der Waals surface area contributed by atoms with Crippen LogP contribution in [0.25, 0.3) is 11.2 Å². The van der Waals surface area contributed by atoms with Gasteiger partial charge in [0.05, 0.1) is 23.9 Å². The van der Waals surface area contributed by atoms with E-state index >= 15 is 0 Å². The number of aromatic amines is 1. The van der Waals surface area contributed by atoms with Crippen molar-refractivity contribution < 1.29 is 14.5 Å². The van der Waals surface area contributed by atoms with Gasteiger partial charge in [-0.25, -0.2) is 14.5 Å². The quantitative estimate of drug-likeness (QED) is 0.608. The standard InChI is InChI=1S/C18H25N5O2/c1-17(2,25)18(6-7-19-10-18)22-16(24)12-8-20-15-14(12)21-13(9-23(15)3)11-4-5-11/h8-9,11,19,25H,4-7,10H2,1-3H3,(H,22,24)/p+1. The minimum atomic E-state index is -1.02. The number of aryl methyl sites for hydroxylation is 1. The monoisotopic (exact) mass is 344 g/mol. The van der Waals surface area contributed by atoms with Crippen molar-refractivity contribution in [3.8, 4) is 0 Å². The molecule has 2 aliphatic rings. The molecule has 1 aliphatic carbocycles. The summed E-state index contributed by atoms with van der Waals surface area (Å²) in [6.45, 7) is 4.83. The van der Waals surface area contributed by atoms with Crippen LogP contribution in [0.1, 0.15) is 55.1 Å². The molecule has 0 spiro atoms. The molecule has 1 atom stereocenters. The van der Waals surface area contributed by atoms with Gasteiger partial charge in [-0.15, -0.1) is 0 Å². The summed E-state index contributed by atoms with van der Waals surface area (Å²) in [7, 11) is 1.97. The lowest BCUT2D eigenvalue weighted by molar-refractivity contribution is -0.647. The van der Waals surface area contributed by atoms with Gasteiger partial charge in [-0.1, -0.05) is 0 Å². The van der Waals surface area contributed by atoms with Crippen LogP contribution in [0.15, 0.2) is 12.4 Å². The summed E-state index contributed by atoms with van der Waals surface area (Å²) < 4.78 is 2.00. The fraction of sp³-hybridized carbons (Fsp3) is 0.611. The van der Waals surface area contributed by atoms with Crippen LogP contribution < -0.4 is 15.2 Å². The lowest BCUT2D eigenvalue weighted by atomic mass is 9.81. The van der Waals surface area contributed by atoms with Crippen LogP contribution in [0.3, 0.4) is 0 Å². The molecule has 1 unspecified atom stereocenters. The van der Waals surface area contributed by atoms with E-state index in [0.29, 0.717) is 30.0 Å². The molecule has 1 amide bonds. The first-order valence-corrected chi connectivity index (χ1v) is 8.94. The number of aromatic nitrogens is 3. The number of nitrogens with one attached hydrogen (secondary N) is 3. The highest BCUT2D eigenvalue weighted by molar-refractivity contribution is 6.04. The van der Waals surface area contributed by atoms with Crippen molar-refractivity contribution >= 4 is 17.1 Å². The lowest BCUT2D eigenvalue weighted by Gasteiger charge is -2.40. The van der Waals surface area contributed by atoms with E-state index in [1.54, 1.807) is 20.0 Å². The fourth-order valence-corrected chi connectivity index (χ4v) is 3.72. The number of H-pyrrole nitrogens is 1. The van der Waals surface area contributed by atoms with Gasteiger partial charge in [0, 0.05) is 12.5 Å². The molecule has 1 aliphatic heterocycles. The average Bonchev–Trinajstić information content (AvgIpc) is 3.10. The van der Waals surface area contributed by atoms with Crippen LogP contribution in [0.4, 0.5) is 0 Å². The number of carbonyl (C=O) groups excluding carboxylic acids is 1. The Morgan fingerprint density at radius 3 is 2.84 bits per heavy atom. The summed E-state index contributed by atoms with van der Waals surface area (Å²) in [5, 5.41) is 17.0. The zero-order valence-electron chi connectivity index (χ0n) is 15.0. The number of amides is 1. The van der Waals surface area contributed by atoms with Gasteiger partial charge in [0.1, 0.15) is 18.0 Å². The number of carbonyl (C=O) groups is 1. The van der Waals surface area contributed by atoms with E-state index < -0.39 is 11.1 Å². The third kappa shape index (κ3) is 2.71. The first-order chi connectivity index (χ1) is 11.8. The fourth-order valence-electron chi connectivity index (χ4n) is 3.72. The molecule has 25 heavy (non-hydrogen) atoms. The molecule has 0 aromatic carbocycles. The van der Waals surface area contributed by atoms with Gasteiger partial charge in [-0.05, 0) is 39.7 Å². The normalized spacial score (nSPS) is 24.0. The smallest absolute Gasteiger partial charge is 0.306 e. The minimum absolute atomic E-state index is 0.197. The van der Waals surface area contributed by atoms with Crippen molar-refractivity contribution in [2.75, 3.05) is 13.1 Å². The van der Waals surface area contributed by atoms with Crippen molar-refractivity contribution in [3.05, 3.63) is 23.7 Å². The van der Waals surface area contributed by atoms with Gasteiger partial charge in [0.15, 0.2) is 5.52 Å². The summed E-state index contributed by atoms with van der Waals surface area (Å²) >= 11 is 0. The lowest BCUT2D eigenvalue weighted by Crippen LogP contribution is -2.63. The van der Waals surface area contributed by atoms with Crippen LogP contribution >= 0.6 is 0 Å². The molecule has 7 nitrogen and oxygen atoms in total. The summed E-state index contributed by atoms with van der Waals surface area (Å²) in [5.74, 6) is 0.320. The second-order valence-corrected chi connectivity index (χ2v) is 7.97. The van der Waals surface area contributed by atoms with Gasteiger partial charge < -0.3 is 15.7 Å². The molecule has 0 radical (unpaired) electrons. The van der Waals surface area contributed by atoms with Crippen LogP contribution in [-0.4, -0.2) is 45.2 Å². The van der Waals surface area contributed by atoms with Crippen molar-refractivity contribution in [1.82, 2.24) is 20.6 Å². The zero-order chi connectivity index (χ0) is 17.8. The SMILES string of the molecule is C[n+]1cc(C2CC2)nc2c(C(=O)NC3(C(C)(C)O)CCNC3)c[nH]c21. The van der Waals surface area contributed by atoms with Gasteiger partial charge in [0.2, 0.25) is 0 Å². The van der Waals surface area contributed by atoms with E-state index in [0.717, 1.165) is 30.7 Å². The van der Waals surface area contributed by atoms with Crippen molar-refractivity contribution in [2.24, 2.45) is 7.05 Å². The van der Waals surface area contributed by atoms with E-state index in [1.165, 1.54) is 0 Å². The predicted octanol–water partition coefficient (Wildman–Crippen LogP) is 0.498. The Balaban J connectivity index is 1.70. The molecule has 134 valence electrons. The molecule has 2 aromatic rings. The third-order valence-corrected chi connectivity index (χ3v) is 5.67. The first-order valence-electron chi connectivity index (χ1n) is 8.94. The van der Waals surface area contributed by atoms with E-state index in [9.17, 15) is 9.90 Å². The maximum absolute atomic E-state index is 13.0. The molecule has 2 fully saturated rings.